The molecule has 3 nitrogen and oxygen atoms in total. The molecule has 4 rings (SSSR count). The molecule has 21 heavy (non-hydrogen) atoms. The zero-order valence-corrected chi connectivity index (χ0v) is 12.4. The number of rotatable bonds is 2. The van der Waals surface area contributed by atoms with Gasteiger partial charge in [0.15, 0.2) is 0 Å². The second-order valence-electron chi connectivity index (χ2n) is 6.11. The van der Waals surface area contributed by atoms with Crippen LogP contribution in [0.1, 0.15) is 23.2 Å². The van der Waals surface area contributed by atoms with E-state index in [2.05, 4.69) is 10.6 Å². The molecule has 2 bridgehead atoms. The maximum Gasteiger partial charge on any atom is 0.251 e. The lowest BCUT2D eigenvalue weighted by atomic mass is 10.0. The Morgan fingerprint density at radius 1 is 1.24 bits per heavy atom. The van der Waals surface area contributed by atoms with Gasteiger partial charge in [-0.25, -0.2) is 0 Å². The normalized spacial score (nSPS) is 27.2. The van der Waals surface area contributed by atoms with E-state index in [-0.39, 0.29) is 11.9 Å². The number of amides is 1. The molecule has 0 radical (unpaired) electrons. The van der Waals surface area contributed by atoms with Gasteiger partial charge in [-0.15, -0.1) is 0 Å². The lowest BCUT2D eigenvalue weighted by molar-refractivity contribution is 0.0928. The molecule has 1 heterocycles. The Morgan fingerprint density at radius 3 is 2.90 bits per heavy atom. The van der Waals surface area contributed by atoms with Crippen molar-refractivity contribution in [3.63, 3.8) is 0 Å². The molecule has 3 unspecified atom stereocenters. The Bertz CT molecular complexity index is 715. The topological polar surface area (TPSA) is 41.1 Å². The molecular formula is C17H17ClN2O. The molecule has 2 aromatic carbocycles. The summed E-state index contributed by atoms with van der Waals surface area (Å²) in [5.41, 5.74) is 0.701. The Labute approximate surface area is 128 Å². The lowest BCUT2D eigenvalue weighted by Gasteiger charge is -2.24. The highest BCUT2D eigenvalue weighted by Crippen LogP contribution is 2.31. The van der Waals surface area contributed by atoms with Crippen molar-refractivity contribution in [2.45, 2.75) is 24.9 Å². The standard InChI is InChI=1S/C17H17ClN2O/c18-14-3-1-2-11-8-12(4-5-13(11)14)17(21)20-16-7-10-6-15(16)19-9-10/h1-5,8,10,15-16,19H,6-7,9H2,(H,20,21). The van der Waals surface area contributed by atoms with Gasteiger partial charge in [0.2, 0.25) is 0 Å². The van der Waals surface area contributed by atoms with E-state index in [1.807, 2.05) is 36.4 Å². The van der Waals surface area contributed by atoms with Crippen LogP contribution in [-0.2, 0) is 0 Å². The van der Waals surface area contributed by atoms with E-state index in [0.717, 1.165) is 34.7 Å². The first kappa shape index (κ1) is 13.1. The fourth-order valence-electron chi connectivity index (χ4n) is 3.65. The number of fused-ring (bicyclic) bond motifs is 3. The smallest absolute Gasteiger partial charge is 0.251 e. The molecule has 3 atom stereocenters. The molecule has 1 saturated carbocycles. The summed E-state index contributed by atoms with van der Waals surface area (Å²) in [6.07, 6.45) is 2.29. The zero-order chi connectivity index (χ0) is 14.4. The Hall–Kier alpha value is -1.58. The molecule has 1 aliphatic carbocycles. The van der Waals surface area contributed by atoms with Crippen LogP contribution in [0.15, 0.2) is 36.4 Å². The van der Waals surface area contributed by atoms with Crippen molar-refractivity contribution in [1.29, 1.82) is 0 Å². The molecule has 1 aliphatic heterocycles. The summed E-state index contributed by atoms with van der Waals surface area (Å²) in [6.45, 7) is 1.10. The van der Waals surface area contributed by atoms with Gasteiger partial charge in [0.05, 0.1) is 0 Å². The maximum absolute atomic E-state index is 12.4. The van der Waals surface area contributed by atoms with Gasteiger partial charge in [0.25, 0.3) is 5.91 Å². The summed E-state index contributed by atoms with van der Waals surface area (Å²) in [5.74, 6) is 0.743. The van der Waals surface area contributed by atoms with E-state index < -0.39 is 0 Å². The van der Waals surface area contributed by atoms with Crippen molar-refractivity contribution < 1.29 is 4.79 Å². The van der Waals surface area contributed by atoms with E-state index in [4.69, 9.17) is 11.6 Å². The SMILES string of the molecule is O=C(NC1CC2CNC1C2)c1ccc2c(Cl)cccc2c1. The van der Waals surface area contributed by atoms with E-state index in [9.17, 15) is 4.79 Å². The van der Waals surface area contributed by atoms with E-state index in [1.165, 1.54) is 6.42 Å². The molecule has 4 heteroatoms. The van der Waals surface area contributed by atoms with Crippen LogP contribution < -0.4 is 10.6 Å². The van der Waals surface area contributed by atoms with Gasteiger partial charge in [-0.1, -0.05) is 29.8 Å². The number of carbonyl (C=O) groups is 1. The van der Waals surface area contributed by atoms with Crippen molar-refractivity contribution in [2.24, 2.45) is 5.92 Å². The second kappa shape index (κ2) is 5.00. The minimum Gasteiger partial charge on any atom is -0.348 e. The van der Waals surface area contributed by atoms with Crippen LogP contribution in [0.4, 0.5) is 0 Å². The highest BCUT2D eigenvalue weighted by Gasteiger charge is 2.39. The van der Waals surface area contributed by atoms with Gasteiger partial charge in [0.1, 0.15) is 0 Å². The largest absolute Gasteiger partial charge is 0.348 e. The molecular weight excluding hydrogens is 284 g/mol. The molecule has 2 aliphatic rings. The molecule has 2 aromatic rings. The van der Waals surface area contributed by atoms with Crippen molar-refractivity contribution in [3.05, 3.63) is 47.0 Å². The zero-order valence-electron chi connectivity index (χ0n) is 11.6. The third kappa shape index (κ3) is 2.30. The van der Waals surface area contributed by atoms with E-state index >= 15 is 0 Å². The fourth-order valence-corrected chi connectivity index (χ4v) is 3.89. The second-order valence-corrected chi connectivity index (χ2v) is 6.52. The molecule has 2 N–H and O–H groups in total. The first-order valence-corrected chi connectivity index (χ1v) is 7.81. The Morgan fingerprint density at radius 2 is 2.14 bits per heavy atom. The van der Waals surface area contributed by atoms with Crippen LogP contribution in [0.3, 0.4) is 0 Å². The summed E-state index contributed by atoms with van der Waals surface area (Å²) < 4.78 is 0. The molecule has 1 saturated heterocycles. The summed E-state index contributed by atoms with van der Waals surface area (Å²) in [6, 6.07) is 12.2. The number of hydrogen-bond acceptors (Lipinski definition) is 2. The minimum atomic E-state index is 0.0104. The number of hydrogen-bond donors (Lipinski definition) is 2. The predicted molar refractivity (Wildman–Crippen MR) is 84.7 cm³/mol. The fraction of sp³-hybridized carbons (Fsp3) is 0.353. The summed E-state index contributed by atoms with van der Waals surface area (Å²) in [7, 11) is 0. The number of halogens is 1. The van der Waals surface area contributed by atoms with Gasteiger partial charge in [-0.05, 0) is 48.9 Å². The van der Waals surface area contributed by atoms with Crippen molar-refractivity contribution >= 4 is 28.3 Å². The summed E-state index contributed by atoms with van der Waals surface area (Å²) in [4.78, 5) is 12.4. The van der Waals surface area contributed by atoms with Crippen LogP contribution in [0.5, 0.6) is 0 Å². The Kier molecular flexibility index (Phi) is 3.12. The predicted octanol–water partition coefficient (Wildman–Crippen LogP) is 2.97. The molecule has 1 amide bonds. The van der Waals surface area contributed by atoms with Crippen LogP contribution in [0, 0.1) is 5.92 Å². The molecule has 108 valence electrons. The quantitative estimate of drug-likeness (QED) is 0.895. The molecule has 0 aromatic heterocycles. The average Bonchev–Trinajstić information content (AvgIpc) is 3.09. The van der Waals surface area contributed by atoms with Gasteiger partial charge in [-0.3, -0.25) is 4.79 Å². The van der Waals surface area contributed by atoms with E-state index in [1.54, 1.807) is 0 Å². The Balaban J connectivity index is 1.57. The van der Waals surface area contributed by atoms with Gasteiger partial charge in [0, 0.05) is 28.1 Å². The first-order chi connectivity index (χ1) is 10.2. The van der Waals surface area contributed by atoms with E-state index in [0.29, 0.717) is 11.6 Å². The first-order valence-electron chi connectivity index (χ1n) is 7.43. The van der Waals surface area contributed by atoms with Crippen LogP contribution >= 0.6 is 11.6 Å². The third-order valence-corrected chi connectivity index (χ3v) is 5.06. The highest BCUT2D eigenvalue weighted by molar-refractivity contribution is 6.35. The summed E-state index contributed by atoms with van der Waals surface area (Å²) in [5, 5.41) is 9.34. The lowest BCUT2D eigenvalue weighted by Crippen LogP contribution is -2.47. The minimum absolute atomic E-state index is 0.0104. The van der Waals surface area contributed by atoms with Crippen LogP contribution in [-0.4, -0.2) is 24.5 Å². The monoisotopic (exact) mass is 300 g/mol. The maximum atomic E-state index is 12.4. The van der Waals surface area contributed by atoms with Gasteiger partial charge >= 0.3 is 0 Å². The number of piperidine rings is 1. The number of carbonyl (C=O) groups excluding carboxylic acids is 1. The average molecular weight is 301 g/mol. The van der Waals surface area contributed by atoms with Crippen LogP contribution in [0.2, 0.25) is 5.02 Å². The highest BCUT2D eigenvalue weighted by atomic mass is 35.5. The number of nitrogens with one attached hydrogen (secondary N) is 2. The third-order valence-electron chi connectivity index (χ3n) is 4.73. The number of benzene rings is 2. The van der Waals surface area contributed by atoms with Gasteiger partial charge < -0.3 is 10.6 Å². The molecule has 2 fully saturated rings. The van der Waals surface area contributed by atoms with Crippen LogP contribution in [0.25, 0.3) is 10.8 Å². The summed E-state index contributed by atoms with van der Waals surface area (Å²) >= 11 is 6.16. The molecule has 0 spiro atoms. The van der Waals surface area contributed by atoms with Crippen molar-refractivity contribution in [2.75, 3.05) is 6.54 Å². The van der Waals surface area contributed by atoms with Crippen molar-refractivity contribution in [3.8, 4) is 0 Å². The van der Waals surface area contributed by atoms with Gasteiger partial charge in [-0.2, -0.15) is 0 Å². The van der Waals surface area contributed by atoms with Crippen molar-refractivity contribution in [1.82, 2.24) is 10.6 Å².